The van der Waals surface area contributed by atoms with E-state index in [9.17, 15) is 14.0 Å². The first-order valence-corrected chi connectivity index (χ1v) is 12.0. The summed E-state index contributed by atoms with van der Waals surface area (Å²) in [4.78, 5) is 25.5. The number of hydrogen-bond acceptors (Lipinski definition) is 5. The van der Waals surface area contributed by atoms with Crippen LogP contribution >= 0.6 is 0 Å². The molecule has 0 fully saturated rings. The maximum absolute atomic E-state index is 13.8. The number of aryl methyl sites for hydroxylation is 1. The highest BCUT2D eigenvalue weighted by atomic mass is 19.1. The van der Waals surface area contributed by atoms with Gasteiger partial charge < -0.3 is 13.9 Å². The highest BCUT2D eigenvalue weighted by molar-refractivity contribution is 6.07. The van der Waals surface area contributed by atoms with Crippen molar-refractivity contribution in [2.24, 2.45) is 0 Å². The lowest BCUT2D eigenvalue weighted by Crippen LogP contribution is -2.09. The van der Waals surface area contributed by atoms with Gasteiger partial charge in [0, 0.05) is 16.5 Å². The number of allylic oxidation sites excluding steroid dienone is 1. The van der Waals surface area contributed by atoms with E-state index in [0.29, 0.717) is 45.8 Å². The number of hydrogen-bond donors (Lipinski definition) is 0. The zero-order valence-electron chi connectivity index (χ0n) is 20.5. The molecule has 0 aliphatic heterocycles. The Labute approximate surface area is 218 Å². The lowest BCUT2D eigenvalue weighted by molar-refractivity contribution is 0.0734. The molecule has 0 radical (unpaired) electrons. The number of ketones is 1. The molecule has 0 atom stereocenters. The van der Waals surface area contributed by atoms with Crippen LogP contribution in [0.15, 0.2) is 108 Å². The van der Waals surface area contributed by atoms with Crippen molar-refractivity contribution in [3.63, 3.8) is 0 Å². The van der Waals surface area contributed by atoms with Crippen LogP contribution < -0.4 is 9.47 Å². The van der Waals surface area contributed by atoms with Gasteiger partial charge in [-0.1, -0.05) is 48.5 Å². The third kappa shape index (κ3) is 5.55. The van der Waals surface area contributed by atoms with Gasteiger partial charge in [0.2, 0.25) is 0 Å². The molecule has 5 rings (SSSR count). The van der Waals surface area contributed by atoms with Gasteiger partial charge >= 0.3 is 5.97 Å². The van der Waals surface area contributed by atoms with Crippen LogP contribution in [-0.2, 0) is 6.61 Å². The Morgan fingerprint density at radius 2 is 1.58 bits per heavy atom. The number of carbonyl (C=O) groups is 2. The molecule has 5 aromatic rings. The van der Waals surface area contributed by atoms with Crippen LogP contribution in [0.3, 0.4) is 0 Å². The minimum absolute atomic E-state index is 0.273. The Morgan fingerprint density at radius 1 is 0.868 bits per heavy atom. The van der Waals surface area contributed by atoms with Crippen molar-refractivity contribution in [3.8, 4) is 11.5 Å². The molecule has 188 valence electrons. The van der Waals surface area contributed by atoms with Crippen LogP contribution in [0.1, 0.15) is 37.6 Å². The van der Waals surface area contributed by atoms with Gasteiger partial charge in [-0.15, -0.1) is 0 Å². The third-order valence-corrected chi connectivity index (χ3v) is 5.96. The fourth-order valence-corrected chi connectivity index (χ4v) is 4.00. The van der Waals surface area contributed by atoms with Gasteiger partial charge in [0.1, 0.15) is 40.8 Å². The Morgan fingerprint density at radius 3 is 2.34 bits per heavy atom. The summed E-state index contributed by atoms with van der Waals surface area (Å²) >= 11 is 0. The molecule has 1 aromatic heterocycles. The SMILES string of the molecule is Cc1oc2ccc(OCc3ccccc3)cc2c1C(=O)Oc1ccc(C(=O)C=Cc2ccccc2F)cc1. The molecule has 38 heavy (non-hydrogen) atoms. The molecule has 0 aliphatic rings. The first-order valence-electron chi connectivity index (χ1n) is 12.0. The fourth-order valence-electron chi connectivity index (χ4n) is 4.00. The van der Waals surface area contributed by atoms with Crippen molar-refractivity contribution >= 4 is 28.8 Å². The summed E-state index contributed by atoms with van der Waals surface area (Å²) < 4.78 is 31.0. The maximum Gasteiger partial charge on any atom is 0.347 e. The van der Waals surface area contributed by atoms with Crippen LogP contribution in [0.2, 0.25) is 0 Å². The van der Waals surface area contributed by atoms with Crippen LogP contribution in [-0.4, -0.2) is 11.8 Å². The number of ether oxygens (including phenoxy) is 2. The van der Waals surface area contributed by atoms with Gasteiger partial charge in [-0.25, -0.2) is 9.18 Å². The normalized spacial score (nSPS) is 11.1. The Balaban J connectivity index is 1.29. The van der Waals surface area contributed by atoms with Gasteiger partial charge in [-0.05, 0) is 73.2 Å². The molecule has 1 heterocycles. The highest BCUT2D eigenvalue weighted by Gasteiger charge is 2.21. The Kier molecular flexibility index (Phi) is 7.13. The van der Waals surface area contributed by atoms with E-state index in [1.807, 2.05) is 30.3 Å². The van der Waals surface area contributed by atoms with Crippen molar-refractivity contribution in [1.29, 1.82) is 0 Å². The molecule has 4 aromatic carbocycles. The molecular weight excluding hydrogens is 483 g/mol. The molecule has 6 heteroatoms. The summed E-state index contributed by atoms with van der Waals surface area (Å²) in [5.74, 6) is 0.00855. The minimum atomic E-state index is -0.583. The van der Waals surface area contributed by atoms with Gasteiger partial charge in [0.15, 0.2) is 5.78 Å². The van der Waals surface area contributed by atoms with E-state index >= 15 is 0 Å². The summed E-state index contributed by atoms with van der Waals surface area (Å²) in [5.41, 5.74) is 2.58. The van der Waals surface area contributed by atoms with Gasteiger partial charge in [0.25, 0.3) is 0 Å². The maximum atomic E-state index is 13.8. The minimum Gasteiger partial charge on any atom is -0.489 e. The number of rotatable bonds is 8. The van der Waals surface area contributed by atoms with Crippen molar-refractivity contribution in [2.45, 2.75) is 13.5 Å². The summed E-state index contributed by atoms with van der Waals surface area (Å²) in [6.45, 7) is 2.09. The molecule has 0 saturated carbocycles. The van der Waals surface area contributed by atoms with Crippen LogP contribution in [0, 0.1) is 12.7 Å². The third-order valence-electron chi connectivity index (χ3n) is 5.96. The van der Waals surface area contributed by atoms with Crippen molar-refractivity contribution in [1.82, 2.24) is 0 Å². The number of furan rings is 1. The average Bonchev–Trinajstić information content (AvgIpc) is 3.27. The summed E-state index contributed by atoms with van der Waals surface area (Å²) in [7, 11) is 0. The number of esters is 1. The predicted octanol–water partition coefficient (Wildman–Crippen LogP) is 7.57. The molecule has 0 aliphatic carbocycles. The fraction of sp³-hybridized carbons (Fsp3) is 0.0625. The van der Waals surface area contributed by atoms with Crippen LogP contribution in [0.4, 0.5) is 4.39 Å². The summed E-state index contributed by atoms with van der Waals surface area (Å²) in [6, 6.07) is 27.5. The number of halogens is 1. The molecule has 0 amide bonds. The Bertz CT molecular complexity index is 1630. The summed E-state index contributed by atoms with van der Waals surface area (Å²) in [6.07, 6.45) is 2.73. The lowest BCUT2D eigenvalue weighted by atomic mass is 10.1. The van der Waals surface area contributed by atoms with Gasteiger partial charge in [0.05, 0.1) is 0 Å². The monoisotopic (exact) mass is 506 g/mol. The standard InChI is InChI=1S/C32H23FO5/c1-21-31(27-19-26(16-18-30(27)37-21)36-20-22-7-3-2-4-8-22)32(35)38-25-14-11-24(12-15-25)29(34)17-13-23-9-5-6-10-28(23)33/h2-19H,20H2,1H3. The average molecular weight is 507 g/mol. The van der Waals surface area contributed by atoms with Crippen LogP contribution in [0.25, 0.3) is 17.0 Å². The van der Waals surface area contributed by atoms with Crippen molar-refractivity contribution in [3.05, 3.63) is 137 Å². The molecule has 0 N–H and O–H groups in total. The molecule has 0 unspecified atom stereocenters. The molecule has 0 saturated heterocycles. The molecule has 0 bridgehead atoms. The molecular formula is C32H23FO5. The predicted molar refractivity (Wildman–Crippen MR) is 143 cm³/mol. The summed E-state index contributed by atoms with van der Waals surface area (Å²) in [5, 5.41) is 0.586. The van der Waals surface area contributed by atoms with Crippen LogP contribution in [0.5, 0.6) is 11.5 Å². The van der Waals surface area contributed by atoms with E-state index in [-0.39, 0.29) is 11.5 Å². The van der Waals surface area contributed by atoms with E-state index in [1.54, 1.807) is 55.5 Å². The smallest absolute Gasteiger partial charge is 0.347 e. The Hall–Kier alpha value is -4.97. The quantitative estimate of drug-likeness (QED) is 0.0940. The first-order chi connectivity index (χ1) is 18.5. The second-order valence-electron chi connectivity index (χ2n) is 8.60. The number of benzene rings is 4. The zero-order valence-corrected chi connectivity index (χ0v) is 20.5. The van der Waals surface area contributed by atoms with E-state index in [1.165, 1.54) is 30.4 Å². The van der Waals surface area contributed by atoms with E-state index in [2.05, 4.69) is 0 Å². The molecule has 5 nitrogen and oxygen atoms in total. The van der Waals surface area contributed by atoms with E-state index in [4.69, 9.17) is 13.9 Å². The topological polar surface area (TPSA) is 65.7 Å². The second kappa shape index (κ2) is 11.0. The second-order valence-corrected chi connectivity index (χ2v) is 8.60. The van der Waals surface area contributed by atoms with Crippen molar-refractivity contribution < 1.29 is 27.9 Å². The van der Waals surface area contributed by atoms with E-state index < -0.39 is 11.8 Å². The number of fused-ring (bicyclic) bond motifs is 1. The molecule has 0 spiro atoms. The number of carbonyl (C=O) groups excluding carboxylic acids is 2. The largest absolute Gasteiger partial charge is 0.489 e. The van der Waals surface area contributed by atoms with Gasteiger partial charge in [-0.3, -0.25) is 4.79 Å². The van der Waals surface area contributed by atoms with Crippen molar-refractivity contribution in [2.75, 3.05) is 0 Å². The first kappa shape index (κ1) is 24.7. The van der Waals surface area contributed by atoms with E-state index in [0.717, 1.165) is 5.56 Å². The zero-order chi connectivity index (χ0) is 26.5. The lowest BCUT2D eigenvalue weighted by Gasteiger charge is -2.07. The highest BCUT2D eigenvalue weighted by Crippen LogP contribution is 2.30. The van der Waals surface area contributed by atoms with Gasteiger partial charge in [-0.2, -0.15) is 0 Å².